The van der Waals surface area contributed by atoms with Gasteiger partial charge in [-0.05, 0) is 49.6 Å². The first-order chi connectivity index (χ1) is 15.7. The van der Waals surface area contributed by atoms with Crippen LogP contribution in [0.3, 0.4) is 0 Å². The third kappa shape index (κ3) is 4.85. The number of phenolic OH excluding ortho intramolecular Hbond substituents is 1. The molecule has 1 fully saturated rings. The number of aromatic hydroxyl groups is 1. The normalized spacial score (nSPS) is 13.7. The highest BCUT2D eigenvalue weighted by molar-refractivity contribution is 6.37. The van der Waals surface area contributed by atoms with Crippen LogP contribution in [0.15, 0.2) is 39.9 Å². The van der Waals surface area contributed by atoms with Crippen molar-refractivity contribution in [3.63, 3.8) is 0 Å². The second kappa shape index (κ2) is 9.46. The van der Waals surface area contributed by atoms with Crippen LogP contribution < -0.4 is 16.0 Å². The largest absolute Gasteiger partial charge is 0.507 e. The maximum Gasteiger partial charge on any atom is 0.349 e. The molecule has 2 heterocycles. The van der Waals surface area contributed by atoms with Gasteiger partial charge in [-0.15, -0.1) is 5.10 Å². The molecule has 0 aliphatic carbocycles. The van der Waals surface area contributed by atoms with Crippen LogP contribution in [0, 0.1) is 0 Å². The highest BCUT2D eigenvalue weighted by Crippen LogP contribution is 2.39. The molecule has 2 aromatic carbocycles. The quantitative estimate of drug-likeness (QED) is 0.547. The minimum atomic E-state index is -0.829. The molecule has 1 saturated heterocycles. The summed E-state index contributed by atoms with van der Waals surface area (Å²) in [6.07, 6.45) is 2.90. The predicted molar refractivity (Wildman–Crippen MR) is 123 cm³/mol. The fourth-order valence-electron chi connectivity index (χ4n) is 3.46. The molecule has 172 valence electrons. The monoisotopic (exact) mass is 510 g/mol. The number of piperidine rings is 1. The SMILES string of the molecule is O=C(c1cc(Oc2c(Cl)cc(-n3nc(Cl)c(=O)[nH]c3=O)cc2Cl)ccc1O)N1CCCCC1. The van der Waals surface area contributed by atoms with E-state index in [4.69, 9.17) is 39.5 Å². The summed E-state index contributed by atoms with van der Waals surface area (Å²) in [4.78, 5) is 40.0. The van der Waals surface area contributed by atoms with Crippen LogP contribution >= 0.6 is 34.8 Å². The molecule has 2 N–H and O–H groups in total. The van der Waals surface area contributed by atoms with E-state index in [-0.39, 0.29) is 44.5 Å². The van der Waals surface area contributed by atoms with Crippen LogP contribution in [-0.4, -0.2) is 43.8 Å². The number of hydrogen-bond donors (Lipinski definition) is 2. The second-order valence-corrected chi connectivity index (χ2v) is 8.51. The molecule has 0 spiro atoms. The molecule has 1 aliphatic heterocycles. The van der Waals surface area contributed by atoms with E-state index in [1.165, 1.54) is 30.3 Å². The van der Waals surface area contributed by atoms with Gasteiger partial charge < -0.3 is 14.7 Å². The van der Waals surface area contributed by atoms with Crippen molar-refractivity contribution in [1.82, 2.24) is 19.7 Å². The van der Waals surface area contributed by atoms with E-state index in [1.807, 2.05) is 4.98 Å². The third-order valence-electron chi connectivity index (χ3n) is 5.08. The fourth-order valence-corrected chi connectivity index (χ4v) is 4.13. The average Bonchev–Trinajstić information content (AvgIpc) is 2.79. The van der Waals surface area contributed by atoms with Gasteiger partial charge in [0.05, 0.1) is 21.3 Å². The summed E-state index contributed by atoms with van der Waals surface area (Å²) in [7, 11) is 0. The highest BCUT2D eigenvalue weighted by atomic mass is 35.5. The number of carbonyl (C=O) groups is 1. The summed E-state index contributed by atoms with van der Waals surface area (Å²) in [5, 5.41) is 13.6. The molecule has 0 bridgehead atoms. The van der Waals surface area contributed by atoms with E-state index in [0.29, 0.717) is 13.1 Å². The summed E-state index contributed by atoms with van der Waals surface area (Å²) in [5.74, 6) is -0.156. The molecule has 0 saturated carbocycles. The van der Waals surface area contributed by atoms with Crippen LogP contribution in [-0.2, 0) is 0 Å². The van der Waals surface area contributed by atoms with Crippen LogP contribution in [0.4, 0.5) is 0 Å². The summed E-state index contributed by atoms with van der Waals surface area (Å²) in [6, 6.07) is 6.95. The Kier molecular flexibility index (Phi) is 6.64. The molecule has 9 nitrogen and oxygen atoms in total. The Balaban J connectivity index is 1.65. The minimum absolute atomic E-state index is 0.0329. The average molecular weight is 512 g/mol. The smallest absolute Gasteiger partial charge is 0.349 e. The maximum atomic E-state index is 12.8. The predicted octanol–water partition coefficient (Wildman–Crippen LogP) is 4.01. The van der Waals surface area contributed by atoms with E-state index in [2.05, 4.69) is 5.10 Å². The van der Waals surface area contributed by atoms with Gasteiger partial charge in [0.15, 0.2) is 5.75 Å². The number of phenols is 1. The number of H-pyrrole nitrogens is 1. The molecular weight excluding hydrogens is 495 g/mol. The Morgan fingerprint density at radius 3 is 2.36 bits per heavy atom. The van der Waals surface area contributed by atoms with Gasteiger partial charge >= 0.3 is 5.69 Å². The molecule has 33 heavy (non-hydrogen) atoms. The number of carbonyl (C=O) groups excluding carboxylic acids is 1. The third-order valence-corrected chi connectivity index (χ3v) is 5.89. The van der Waals surface area contributed by atoms with E-state index in [0.717, 1.165) is 23.9 Å². The molecule has 3 aromatic rings. The number of rotatable bonds is 4. The van der Waals surface area contributed by atoms with Crippen LogP contribution in [0.5, 0.6) is 17.2 Å². The van der Waals surface area contributed by atoms with Gasteiger partial charge in [-0.2, -0.15) is 4.68 Å². The lowest BCUT2D eigenvalue weighted by Gasteiger charge is -2.27. The van der Waals surface area contributed by atoms with Crippen molar-refractivity contribution in [3.8, 4) is 22.9 Å². The number of likely N-dealkylation sites (tertiary alicyclic amines) is 1. The maximum absolute atomic E-state index is 12.8. The van der Waals surface area contributed by atoms with E-state index < -0.39 is 16.4 Å². The van der Waals surface area contributed by atoms with E-state index >= 15 is 0 Å². The first-order valence-corrected chi connectivity index (χ1v) is 11.1. The van der Waals surface area contributed by atoms with Crippen LogP contribution in [0.25, 0.3) is 5.69 Å². The van der Waals surface area contributed by atoms with Crippen molar-refractivity contribution in [3.05, 3.63) is 71.9 Å². The van der Waals surface area contributed by atoms with Gasteiger partial charge in [-0.1, -0.05) is 34.8 Å². The Hall–Kier alpha value is -3.01. The minimum Gasteiger partial charge on any atom is -0.507 e. The number of aromatic amines is 1. The zero-order valence-electron chi connectivity index (χ0n) is 17.0. The molecule has 1 aromatic heterocycles. The van der Waals surface area contributed by atoms with Crippen molar-refractivity contribution >= 4 is 40.7 Å². The lowest BCUT2D eigenvalue weighted by atomic mass is 10.1. The van der Waals surface area contributed by atoms with Gasteiger partial charge in [0.2, 0.25) is 5.15 Å². The number of benzene rings is 2. The van der Waals surface area contributed by atoms with Gasteiger partial charge in [0, 0.05) is 13.1 Å². The molecule has 0 atom stereocenters. The number of amides is 1. The number of aromatic nitrogens is 3. The zero-order chi connectivity index (χ0) is 23.7. The van der Waals surface area contributed by atoms with Crippen molar-refractivity contribution in [2.75, 3.05) is 13.1 Å². The highest BCUT2D eigenvalue weighted by Gasteiger charge is 2.22. The van der Waals surface area contributed by atoms with Crippen molar-refractivity contribution in [2.24, 2.45) is 0 Å². The second-order valence-electron chi connectivity index (χ2n) is 7.33. The van der Waals surface area contributed by atoms with Crippen molar-refractivity contribution < 1.29 is 14.6 Å². The molecule has 1 aliphatic rings. The van der Waals surface area contributed by atoms with Gasteiger partial charge in [-0.3, -0.25) is 14.6 Å². The Labute approximate surface area is 202 Å². The lowest BCUT2D eigenvalue weighted by molar-refractivity contribution is 0.0721. The van der Waals surface area contributed by atoms with Gasteiger partial charge in [0.25, 0.3) is 11.5 Å². The summed E-state index contributed by atoms with van der Waals surface area (Å²) < 4.78 is 6.63. The molecular formula is C21H17Cl3N4O5. The number of nitrogens with one attached hydrogen (secondary N) is 1. The Morgan fingerprint density at radius 1 is 1.03 bits per heavy atom. The zero-order valence-corrected chi connectivity index (χ0v) is 19.2. The Bertz CT molecular complexity index is 1330. The molecule has 0 radical (unpaired) electrons. The molecule has 4 rings (SSSR count). The van der Waals surface area contributed by atoms with Gasteiger partial charge in [0.1, 0.15) is 11.5 Å². The standard InChI is InChI=1S/C21H17Cl3N4O5/c22-14-8-11(28-21(32)25-19(30)18(24)26-28)9-15(23)17(14)33-12-4-5-16(29)13(10-12)20(31)27-6-2-1-3-7-27/h4-5,8-10,29H,1-3,6-7H2,(H,25,30,32). The van der Waals surface area contributed by atoms with E-state index in [9.17, 15) is 19.5 Å². The Morgan fingerprint density at radius 2 is 1.70 bits per heavy atom. The van der Waals surface area contributed by atoms with Crippen molar-refractivity contribution in [2.45, 2.75) is 19.3 Å². The number of nitrogens with zero attached hydrogens (tertiary/aromatic N) is 3. The van der Waals surface area contributed by atoms with E-state index in [1.54, 1.807) is 4.90 Å². The molecule has 12 heteroatoms. The number of halogens is 3. The van der Waals surface area contributed by atoms with Crippen LogP contribution in [0.1, 0.15) is 29.6 Å². The summed E-state index contributed by atoms with van der Waals surface area (Å²) in [5.41, 5.74) is -1.40. The molecule has 0 unspecified atom stereocenters. The topological polar surface area (TPSA) is 118 Å². The fraction of sp³-hybridized carbons (Fsp3) is 0.238. The first kappa shape index (κ1) is 23.2. The first-order valence-electron chi connectivity index (χ1n) is 9.93. The number of hydrogen-bond acceptors (Lipinski definition) is 6. The van der Waals surface area contributed by atoms with Crippen LogP contribution in [0.2, 0.25) is 15.2 Å². The number of ether oxygens (including phenoxy) is 1. The lowest BCUT2D eigenvalue weighted by Crippen LogP contribution is -2.35. The summed E-state index contributed by atoms with van der Waals surface area (Å²) in [6.45, 7) is 1.26. The van der Waals surface area contributed by atoms with Gasteiger partial charge in [-0.25, -0.2) is 4.79 Å². The van der Waals surface area contributed by atoms with Crippen molar-refractivity contribution in [1.29, 1.82) is 0 Å². The molecule has 1 amide bonds. The summed E-state index contributed by atoms with van der Waals surface area (Å²) >= 11 is 18.4.